The summed E-state index contributed by atoms with van der Waals surface area (Å²) in [6, 6.07) is 0.723. The molecule has 0 spiro atoms. The fraction of sp³-hybridized carbons (Fsp3) is 1.00. The zero-order valence-electron chi connectivity index (χ0n) is 10.7. The van der Waals surface area contributed by atoms with Crippen molar-refractivity contribution >= 4 is 0 Å². The van der Waals surface area contributed by atoms with Crippen LogP contribution in [0, 0.1) is 5.92 Å². The van der Waals surface area contributed by atoms with E-state index in [1.54, 1.807) is 0 Å². The molecule has 1 N–H and O–H groups in total. The molecule has 2 unspecified atom stereocenters. The van der Waals surface area contributed by atoms with Gasteiger partial charge in [0.25, 0.3) is 0 Å². The van der Waals surface area contributed by atoms with Crippen LogP contribution in [0.2, 0.25) is 0 Å². The summed E-state index contributed by atoms with van der Waals surface area (Å²) in [4.78, 5) is 0. The fourth-order valence-electron chi connectivity index (χ4n) is 3.19. The first-order valence-electron chi connectivity index (χ1n) is 7.23. The monoisotopic (exact) mass is 225 g/mol. The second-order valence-electron chi connectivity index (χ2n) is 5.53. The van der Waals surface area contributed by atoms with E-state index in [9.17, 15) is 0 Å². The first kappa shape index (κ1) is 12.4. The highest BCUT2D eigenvalue weighted by molar-refractivity contribution is 4.81. The summed E-state index contributed by atoms with van der Waals surface area (Å²) in [5, 5.41) is 3.53. The Morgan fingerprint density at radius 2 is 1.88 bits per heavy atom. The van der Waals surface area contributed by atoms with Crippen molar-refractivity contribution in [1.29, 1.82) is 0 Å². The van der Waals surface area contributed by atoms with E-state index in [0.717, 1.165) is 25.1 Å². The lowest BCUT2D eigenvalue weighted by molar-refractivity contribution is 0.0238. The molecule has 2 fully saturated rings. The van der Waals surface area contributed by atoms with Crippen molar-refractivity contribution in [2.75, 3.05) is 13.2 Å². The van der Waals surface area contributed by atoms with Crippen molar-refractivity contribution in [3.63, 3.8) is 0 Å². The van der Waals surface area contributed by atoms with Crippen LogP contribution < -0.4 is 5.32 Å². The first-order chi connectivity index (χ1) is 7.88. The third kappa shape index (κ3) is 3.74. The molecular weight excluding hydrogens is 198 g/mol. The molecule has 0 heterocycles. The lowest BCUT2D eigenvalue weighted by Crippen LogP contribution is -2.27. The van der Waals surface area contributed by atoms with Crippen molar-refractivity contribution in [2.45, 2.75) is 70.4 Å². The van der Waals surface area contributed by atoms with E-state index in [0.29, 0.717) is 6.10 Å². The van der Waals surface area contributed by atoms with Crippen molar-refractivity contribution in [3.05, 3.63) is 0 Å². The minimum Gasteiger partial charge on any atom is -0.378 e. The van der Waals surface area contributed by atoms with Crippen LogP contribution in [-0.4, -0.2) is 25.3 Å². The highest BCUT2D eigenvalue weighted by Gasteiger charge is 2.25. The Kier molecular flexibility index (Phi) is 5.11. The number of rotatable bonds is 5. The number of hydrogen-bond donors (Lipinski definition) is 1. The summed E-state index contributed by atoms with van der Waals surface area (Å²) in [6.07, 6.45) is 11.5. The van der Waals surface area contributed by atoms with Gasteiger partial charge < -0.3 is 10.1 Å². The molecule has 2 aliphatic carbocycles. The summed E-state index contributed by atoms with van der Waals surface area (Å²) in [5.41, 5.74) is 0. The van der Waals surface area contributed by atoms with Crippen LogP contribution in [0.5, 0.6) is 0 Å². The molecule has 0 bridgehead atoms. The average Bonchev–Trinajstić information content (AvgIpc) is 2.76. The highest BCUT2D eigenvalue weighted by Crippen LogP contribution is 2.27. The van der Waals surface area contributed by atoms with Crippen LogP contribution >= 0.6 is 0 Å². The summed E-state index contributed by atoms with van der Waals surface area (Å²) in [6.45, 7) is 4.32. The third-order valence-electron chi connectivity index (χ3n) is 4.17. The minimum absolute atomic E-state index is 0.547. The highest BCUT2D eigenvalue weighted by atomic mass is 16.5. The van der Waals surface area contributed by atoms with Gasteiger partial charge in [0.05, 0.1) is 6.10 Å². The average molecular weight is 225 g/mol. The van der Waals surface area contributed by atoms with Gasteiger partial charge >= 0.3 is 0 Å². The van der Waals surface area contributed by atoms with Gasteiger partial charge in [0.1, 0.15) is 0 Å². The third-order valence-corrected chi connectivity index (χ3v) is 4.17. The Morgan fingerprint density at radius 1 is 1.06 bits per heavy atom. The van der Waals surface area contributed by atoms with Crippen LogP contribution in [0.15, 0.2) is 0 Å². The molecule has 2 rings (SSSR count). The molecule has 0 radical (unpaired) electrons. The topological polar surface area (TPSA) is 21.3 Å². The van der Waals surface area contributed by atoms with Gasteiger partial charge in [-0.25, -0.2) is 0 Å². The predicted octanol–water partition coefficient (Wildman–Crippen LogP) is 3.11. The Hall–Kier alpha value is -0.0800. The van der Waals surface area contributed by atoms with Gasteiger partial charge in [-0.15, -0.1) is 0 Å². The van der Waals surface area contributed by atoms with E-state index >= 15 is 0 Å². The summed E-state index contributed by atoms with van der Waals surface area (Å²) in [5.74, 6) is 0.868. The van der Waals surface area contributed by atoms with Gasteiger partial charge in [0, 0.05) is 12.6 Å². The molecule has 0 aromatic carbocycles. The maximum atomic E-state index is 6.08. The lowest BCUT2D eigenvalue weighted by atomic mass is 9.90. The zero-order valence-corrected chi connectivity index (χ0v) is 10.7. The normalized spacial score (nSPS) is 32.1. The first-order valence-corrected chi connectivity index (χ1v) is 7.23. The standard InChI is InChI=1S/C14H27NO/c1-2-15-13-8-9-14(10-13)16-11-12-6-4-3-5-7-12/h12-15H,2-11H2,1H3. The molecule has 2 heteroatoms. The SMILES string of the molecule is CCNC1CCC(OCC2CCCCC2)C1. The van der Waals surface area contributed by atoms with Crippen LogP contribution in [0.1, 0.15) is 58.3 Å². The van der Waals surface area contributed by atoms with Gasteiger partial charge in [0.15, 0.2) is 0 Å². The molecular formula is C14H27NO. The van der Waals surface area contributed by atoms with Crippen molar-refractivity contribution in [1.82, 2.24) is 5.32 Å². The molecule has 0 aromatic rings. The molecule has 94 valence electrons. The van der Waals surface area contributed by atoms with E-state index < -0.39 is 0 Å². The Morgan fingerprint density at radius 3 is 2.62 bits per heavy atom. The quantitative estimate of drug-likeness (QED) is 0.776. The molecule has 2 nitrogen and oxygen atoms in total. The Bertz CT molecular complexity index is 189. The molecule has 2 saturated carbocycles. The smallest absolute Gasteiger partial charge is 0.0590 e. The van der Waals surface area contributed by atoms with Gasteiger partial charge in [-0.3, -0.25) is 0 Å². The van der Waals surface area contributed by atoms with E-state index in [-0.39, 0.29) is 0 Å². The molecule has 0 saturated heterocycles. The fourth-order valence-corrected chi connectivity index (χ4v) is 3.19. The largest absolute Gasteiger partial charge is 0.378 e. The van der Waals surface area contributed by atoms with Crippen LogP contribution in [-0.2, 0) is 4.74 Å². The number of hydrogen-bond acceptors (Lipinski definition) is 2. The number of ether oxygens (including phenoxy) is 1. The minimum atomic E-state index is 0.547. The zero-order chi connectivity index (χ0) is 11.2. The summed E-state index contributed by atoms with van der Waals surface area (Å²) in [7, 11) is 0. The second kappa shape index (κ2) is 6.61. The molecule has 2 aliphatic rings. The van der Waals surface area contributed by atoms with Crippen LogP contribution in [0.3, 0.4) is 0 Å². The summed E-state index contributed by atoms with van der Waals surface area (Å²) < 4.78 is 6.08. The second-order valence-corrected chi connectivity index (χ2v) is 5.53. The van der Waals surface area contributed by atoms with Gasteiger partial charge in [-0.2, -0.15) is 0 Å². The predicted molar refractivity (Wildman–Crippen MR) is 67.6 cm³/mol. The number of nitrogens with one attached hydrogen (secondary N) is 1. The molecule has 2 atom stereocenters. The molecule has 16 heavy (non-hydrogen) atoms. The van der Waals surface area contributed by atoms with Crippen LogP contribution in [0.25, 0.3) is 0 Å². The Balaban J connectivity index is 1.59. The van der Waals surface area contributed by atoms with Crippen molar-refractivity contribution < 1.29 is 4.74 Å². The van der Waals surface area contributed by atoms with E-state index in [2.05, 4.69) is 12.2 Å². The van der Waals surface area contributed by atoms with E-state index in [1.807, 2.05) is 0 Å². The van der Waals surface area contributed by atoms with Gasteiger partial charge in [-0.05, 0) is 44.6 Å². The van der Waals surface area contributed by atoms with Crippen molar-refractivity contribution in [2.24, 2.45) is 5.92 Å². The van der Waals surface area contributed by atoms with Crippen molar-refractivity contribution in [3.8, 4) is 0 Å². The molecule has 0 aromatic heterocycles. The van der Waals surface area contributed by atoms with Gasteiger partial charge in [0.2, 0.25) is 0 Å². The molecule has 0 aliphatic heterocycles. The summed E-state index contributed by atoms with van der Waals surface area (Å²) >= 11 is 0. The Labute approximate surface area is 100 Å². The maximum Gasteiger partial charge on any atom is 0.0590 e. The lowest BCUT2D eigenvalue weighted by Gasteiger charge is -2.23. The van der Waals surface area contributed by atoms with Gasteiger partial charge in [-0.1, -0.05) is 26.2 Å². The van der Waals surface area contributed by atoms with E-state index in [1.165, 1.54) is 51.4 Å². The van der Waals surface area contributed by atoms with Crippen LogP contribution in [0.4, 0.5) is 0 Å². The van der Waals surface area contributed by atoms with E-state index in [4.69, 9.17) is 4.74 Å². The maximum absolute atomic E-state index is 6.08. The molecule has 0 amide bonds.